The molecule has 0 fully saturated rings. The van der Waals surface area contributed by atoms with E-state index in [4.69, 9.17) is 23.2 Å². The topological polar surface area (TPSA) is 24.1 Å². The maximum absolute atomic E-state index is 6.12. The Bertz CT molecular complexity index is 446. The predicted octanol–water partition coefficient (Wildman–Crippen LogP) is 3.46. The van der Waals surface area contributed by atoms with Crippen LogP contribution >= 0.6 is 23.2 Å². The second kappa shape index (κ2) is 7.30. The number of rotatable bonds is 5. The molecule has 19 heavy (non-hydrogen) atoms. The minimum absolute atomic E-state index is 0.453. The van der Waals surface area contributed by atoms with E-state index in [0.717, 1.165) is 26.1 Å². The summed E-state index contributed by atoms with van der Waals surface area (Å²) in [5.74, 6) is 1.04. The molecular formula is C15H20Cl2N2. The van der Waals surface area contributed by atoms with E-state index in [1.807, 2.05) is 19.2 Å². The van der Waals surface area contributed by atoms with Crippen LogP contribution in [0, 0.1) is 5.92 Å². The molecule has 104 valence electrons. The van der Waals surface area contributed by atoms with Crippen molar-refractivity contribution in [3.05, 3.63) is 46.0 Å². The summed E-state index contributed by atoms with van der Waals surface area (Å²) in [6, 6.07) is 5.96. The number of benzene rings is 1. The lowest BCUT2D eigenvalue weighted by Crippen LogP contribution is -2.29. The maximum Gasteiger partial charge on any atom is 0.0595 e. The van der Waals surface area contributed by atoms with Gasteiger partial charge in [0.25, 0.3) is 0 Å². The molecule has 1 aliphatic heterocycles. The summed E-state index contributed by atoms with van der Waals surface area (Å²) in [5, 5.41) is 7.92. The predicted molar refractivity (Wildman–Crippen MR) is 83.2 cm³/mol. The number of hydrogen-bond acceptors (Lipinski definition) is 2. The average molecular weight is 299 g/mol. The zero-order chi connectivity index (χ0) is 13.7. The Kier molecular flexibility index (Phi) is 5.71. The Morgan fingerprint density at radius 2 is 2.21 bits per heavy atom. The lowest BCUT2D eigenvalue weighted by molar-refractivity contribution is 0.457. The van der Waals surface area contributed by atoms with Crippen LogP contribution in [0.3, 0.4) is 0 Å². The molecule has 2 rings (SSSR count). The van der Waals surface area contributed by atoms with Crippen LogP contribution in [0.2, 0.25) is 10.0 Å². The fourth-order valence-corrected chi connectivity index (χ4v) is 2.86. The summed E-state index contributed by atoms with van der Waals surface area (Å²) in [6.07, 6.45) is 5.64. The molecule has 1 aromatic rings. The minimum atomic E-state index is 0.453. The van der Waals surface area contributed by atoms with E-state index in [9.17, 15) is 0 Å². The zero-order valence-electron chi connectivity index (χ0n) is 11.1. The van der Waals surface area contributed by atoms with Crippen molar-refractivity contribution in [2.75, 3.05) is 26.7 Å². The van der Waals surface area contributed by atoms with Crippen molar-refractivity contribution >= 4 is 23.2 Å². The Balaban J connectivity index is 2.11. The highest BCUT2D eigenvalue weighted by Gasteiger charge is 2.18. The van der Waals surface area contributed by atoms with Gasteiger partial charge in [0.1, 0.15) is 0 Å². The summed E-state index contributed by atoms with van der Waals surface area (Å²) in [7, 11) is 1.99. The summed E-state index contributed by atoms with van der Waals surface area (Å²) in [4.78, 5) is 0. The van der Waals surface area contributed by atoms with Crippen LogP contribution in [-0.4, -0.2) is 26.7 Å². The van der Waals surface area contributed by atoms with Crippen LogP contribution in [0.15, 0.2) is 30.4 Å². The number of likely N-dealkylation sites (N-methyl/N-ethyl adjacent to an activating group) is 1. The third kappa shape index (κ3) is 4.22. The molecule has 0 aromatic heterocycles. The maximum atomic E-state index is 6.12. The molecule has 0 bridgehead atoms. The molecule has 0 amide bonds. The monoisotopic (exact) mass is 298 g/mol. The van der Waals surface area contributed by atoms with Gasteiger partial charge in [-0.1, -0.05) is 41.4 Å². The molecule has 2 N–H and O–H groups in total. The Morgan fingerprint density at radius 1 is 1.37 bits per heavy atom. The molecule has 1 aromatic carbocycles. The van der Waals surface area contributed by atoms with Crippen molar-refractivity contribution in [2.45, 2.75) is 12.3 Å². The smallest absolute Gasteiger partial charge is 0.0595 e. The van der Waals surface area contributed by atoms with Gasteiger partial charge in [0.2, 0.25) is 0 Å². The Morgan fingerprint density at radius 3 is 2.84 bits per heavy atom. The third-order valence-electron chi connectivity index (χ3n) is 3.53. The average Bonchev–Trinajstić information content (AvgIpc) is 2.43. The van der Waals surface area contributed by atoms with Gasteiger partial charge in [-0.3, -0.25) is 0 Å². The summed E-state index contributed by atoms with van der Waals surface area (Å²) in [5.41, 5.74) is 1.25. The number of hydrogen-bond donors (Lipinski definition) is 2. The molecule has 0 saturated heterocycles. The van der Waals surface area contributed by atoms with Gasteiger partial charge in [0.15, 0.2) is 0 Å². The van der Waals surface area contributed by atoms with Crippen molar-refractivity contribution in [2.24, 2.45) is 5.92 Å². The van der Waals surface area contributed by atoms with Crippen molar-refractivity contribution in [1.29, 1.82) is 0 Å². The summed E-state index contributed by atoms with van der Waals surface area (Å²) in [6.45, 7) is 2.99. The van der Waals surface area contributed by atoms with Crippen molar-refractivity contribution < 1.29 is 0 Å². The lowest BCUT2D eigenvalue weighted by Gasteiger charge is -2.24. The van der Waals surface area contributed by atoms with Gasteiger partial charge in [0, 0.05) is 19.6 Å². The first-order valence-electron chi connectivity index (χ1n) is 6.67. The van der Waals surface area contributed by atoms with Crippen molar-refractivity contribution in [1.82, 2.24) is 10.6 Å². The molecule has 1 aliphatic rings. The highest BCUT2D eigenvalue weighted by atomic mass is 35.5. The highest BCUT2D eigenvalue weighted by Crippen LogP contribution is 2.30. The van der Waals surface area contributed by atoms with Gasteiger partial charge < -0.3 is 10.6 Å². The normalized spacial score (nSPS) is 20.5. The fourth-order valence-electron chi connectivity index (χ4n) is 2.56. The van der Waals surface area contributed by atoms with E-state index in [1.165, 1.54) is 5.56 Å². The standard InChI is InChI=1S/C15H20Cl2N2/c1-18-10-13(7-11-3-2-6-19-9-11)12-4-5-14(16)15(17)8-12/h2-5,8,11,13,18-19H,6-7,9-10H2,1H3/t11?,13-/m1/s1. The lowest BCUT2D eigenvalue weighted by atomic mass is 9.87. The molecular weight excluding hydrogens is 279 g/mol. The summed E-state index contributed by atoms with van der Waals surface area (Å²) < 4.78 is 0. The molecule has 1 heterocycles. The van der Waals surface area contributed by atoms with Crippen LogP contribution in [0.4, 0.5) is 0 Å². The SMILES string of the molecule is CNC[C@@H](CC1C=CCNC1)c1ccc(Cl)c(Cl)c1. The molecule has 0 radical (unpaired) electrons. The number of nitrogens with one attached hydrogen (secondary N) is 2. The molecule has 0 saturated carbocycles. The molecule has 0 spiro atoms. The first-order valence-corrected chi connectivity index (χ1v) is 7.43. The van der Waals surface area contributed by atoms with Crippen LogP contribution in [-0.2, 0) is 0 Å². The van der Waals surface area contributed by atoms with E-state index in [1.54, 1.807) is 0 Å². The molecule has 2 nitrogen and oxygen atoms in total. The van der Waals surface area contributed by atoms with Gasteiger partial charge in [-0.05, 0) is 43.0 Å². The van der Waals surface area contributed by atoms with Gasteiger partial charge >= 0.3 is 0 Å². The van der Waals surface area contributed by atoms with Gasteiger partial charge in [-0.25, -0.2) is 0 Å². The minimum Gasteiger partial charge on any atom is -0.319 e. The van der Waals surface area contributed by atoms with Crippen LogP contribution in [0.25, 0.3) is 0 Å². The number of halogens is 2. The summed E-state index contributed by atoms with van der Waals surface area (Å²) >= 11 is 12.1. The second-order valence-corrected chi connectivity index (χ2v) is 5.82. The highest BCUT2D eigenvalue weighted by molar-refractivity contribution is 6.42. The van der Waals surface area contributed by atoms with Gasteiger partial charge in [-0.2, -0.15) is 0 Å². The molecule has 2 atom stereocenters. The Labute approximate surface area is 125 Å². The van der Waals surface area contributed by atoms with Crippen molar-refractivity contribution in [3.63, 3.8) is 0 Å². The van der Waals surface area contributed by atoms with E-state index in [2.05, 4.69) is 28.9 Å². The van der Waals surface area contributed by atoms with E-state index in [-0.39, 0.29) is 0 Å². The van der Waals surface area contributed by atoms with Gasteiger partial charge in [-0.15, -0.1) is 0 Å². The van der Waals surface area contributed by atoms with Crippen LogP contribution in [0.5, 0.6) is 0 Å². The fraction of sp³-hybridized carbons (Fsp3) is 0.467. The quantitative estimate of drug-likeness (QED) is 0.814. The van der Waals surface area contributed by atoms with Crippen LogP contribution in [0.1, 0.15) is 17.9 Å². The van der Waals surface area contributed by atoms with E-state index in [0.29, 0.717) is 21.9 Å². The third-order valence-corrected chi connectivity index (χ3v) is 4.27. The first kappa shape index (κ1) is 14.9. The largest absolute Gasteiger partial charge is 0.319 e. The van der Waals surface area contributed by atoms with Gasteiger partial charge in [0.05, 0.1) is 10.0 Å². The van der Waals surface area contributed by atoms with Crippen LogP contribution < -0.4 is 10.6 Å². The zero-order valence-corrected chi connectivity index (χ0v) is 12.6. The Hall–Kier alpha value is -0.540. The molecule has 0 aliphatic carbocycles. The molecule has 1 unspecified atom stereocenters. The van der Waals surface area contributed by atoms with Crippen molar-refractivity contribution in [3.8, 4) is 0 Å². The second-order valence-electron chi connectivity index (χ2n) is 5.01. The van der Waals surface area contributed by atoms with E-state index >= 15 is 0 Å². The first-order chi connectivity index (χ1) is 9.20. The van der Waals surface area contributed by atoms with E-state index < -0.39 is 0 Å². The molecule has 4 heteroatoms.